The Kier molecular flexibility index (Phi) is 5.71. The molecule has 0 atom stereocenters. The van der Waals surface area contributed by atoms with E-state index in [9.17, 15) is 4.79 Å². The molecule has 0 bridgehead atoms. The highest BCUT2D eigenvalue weighted by molar-refractivity contribution is 5.70. The average molecular weight is 381 g/mol. The zero-order valence-electron chi connectivity index (χ0n) is 16.1. The van der Waals surface area contributed by atoms with E-state index in [1.165, 1.54) is 5.56 Å². The Morgan fingerprint density at radius 2 is 1.68 bits per heavy atom. The lowest BCUT2D eigenvalue weighted by atomic mass is 9.97. The molecule has 28 heavy (non-hydrogen) atoms. The molecular weight excluding hydrogens is 354 g/mol. The minimum absolute atomic E-state index is 0.227. The number of piperazine rings is 1. The van der Waals surface area contributed by atoms with Gasteiger partial charge in [0.25, 0.3) is 0 Å². The van der Waals surface area contributed by atoms with Gasteiger partial charge in [-0.1, -0.05) is 30.3 Å². The van der Waals surface area contributed by atoms with Gasteiger partial charge in [-0.25, -0.2) is 4.98 Å². The predicted molar refractivity (Wildman–Crippen MR) is 109 cm³/mol. The Balaban J connectivity index is 1.33. The fourth-order valence-corrected chi connectivity index (χ4v) is 3.97. The summed E-state index contributed by atoms with van der Waals surface area (Å²) in [5.74, 6) is 0.768. The number of hydrogen-bond acceptors (Lipinski definition) is 6. The van der Waals surface area contributed by atoms with Crippen molar-refractivity contribution in [1.82, 2.24) is 14.9 Å². The van der Waals surface area contributed by atoms with E-state index >= 15 is 0 Å². The van der Waals surface area contributed by atoms with Crippen LogP contribution in [0.4, 0.5) is 11.8 Å². The molecule has 0 unspecified atom stereocenters. The number of anilines is 2. The van der Waals surface area contributed by atoms with E-state index in [-0.39, 0.29) is 5.92 Å². The highest BCUT2D eigenvalue weighted by Gasteiger charge is 2.26. The Bertz CT molecular complexity index is 784. The van der Waals surface area contributed by atoms with Crippen LogP contribution < -0.4 is 9.80 Å². The number of aliphatic carboxylic acids is 1. The van der Waals surface area contributed by atoms with Crippen molar-refractivity contribution in [3.63, 3.8) is 0 Å². The molecule has 2 aliphatic rings. The molecule has 7 heteroatoms. The normalized spacial score (nSPS) is 19.0. The van der Waals surface area contributed by atoms with Gasteiger partial charge >= 0.3 is 5.97 Å². The number of carboxylic acid groups (broad SMARTS) is 1. The van der Waals surface area contributed by atoms with Crippen LogP contribution in [-0.2, 0) is 11.3 Å². The number of aromatic nitrogens is 2. The summed E-state index contributed by atoms with van der Waals surface area (Å²) >= 11 is 0. The predicted octanol–water partition coefficient (Wildman–Crippen LogP) is 2.10. The molecule has 1 aromatic carbocycles. The number of nitrogens with zero attached hydrogens (tertiary/aromatic N) is 5. The van der Waals surface area contributed by atoms with Crippen LogP contribution in [-0.4, -0.2) is 65.2 Å². The van der Waals surface area contributed by atoms with Crippen LogP contribution in [0.15, 0.2) is 42.6 Å². The Hall–Kier alpha value is -2.67. The van der Waals surface area contributed by atoms with Gasteiger partial charge in [0.15, 0.2) is 0 Å². The molecule has 2 aliphatic heterocycles. The van der Waals surface area contributed by atoms with Crippen molar-refractivity contribution in [2.75, 3.05) is 49.1 Å². The molecule has 4 rings (SSSR count). The van der Waals surface area contributed by atoms with E-state index in [1.807, 2.05) is 12.3 Å². The zero-order valence-corrected chi connectivity index (χ0v) is 16.1. The van der Waals surface area contributed by atoms with Crippen molar-refractivity contribution in [1.29, 1.82) is 0 Å². The molecule has 0 saturated carbocycles. The van der Waals surface area contributed by atoms with Crippen LogP contribution in [0.2, 0.25) is 0 Å². The fraction of sp³-hybridized carbons (Fsp3) is 0.476. The van der Waals surface area contributed by atoms with Gasteiger partial charge in [0.1, 0.15) is 5.82 Å². The van der Waals surface area contributed by atoms with Crippen molar-refractivity contribution < 1.29 is 9.90 Å². The van der Waals surface area contributed by atoms with Gasteiger partial charge < -0.3 is 14.9 Å². The second kappa shape index (κ2) is 8.56. The Morgan fingerprint density at radius 3 is 2.36 bits per heavy atom. The summed E-state index contributed by atoms with van der Waals surface area (Å²) < 4.78 is 0. The molecular formula is C21H27N5O2. The Morgan fingerprint density at radius 1 is 0.964 bits per heavy atom. The Labute approximate surface area is 165 Å². The minimum atomic E-state index is -0.684. The van der Waals surface area contributed by atoms with E-state index in [4.69, 9.17) is 10.1 Å². The number of benzene rings is 1. The third kappa shape index (κ3) is 4.42. The van der Waals surface area contributed by atoms with Gasteiger partial charge in [-0.15, -0.1) is 0 Å². The van der Waals surface area contributed by atoms with Crippen LogP contribution in [0, 0.1) is 5.92 Å². The average Bonchev–Trinajstić information content (AvgIpc) is 2.75. The molecule has 3 heterocycles. The molecule has 1 aromatic heterocycles. The molecule has 2 aromatic rings. The maximum atomic E-state index is 11.1. The first-order valence-corrected chi connectivity index (χ1v) is 10.0. The topological polar surface area (TPSA) is 72.8 Å². The number of hydrogen-bond donors (Lipinski definition) is 1. The molecule has 0 amide bonds. The number of carboxylic acids is 1. The SMILES string of the molecule is O=C(O)C1CCN(c2ccnc(N3CCN(Cc4ccccc4)CC3)n2)CC1. The highest BCUT2D eigenvalue weighted by Crippen LogP contribution is 2.23. The van der Waals surface area contributed by atoms with E-state index in [1.54, 1.807) is 0 Å². The number of piperidine rings is 1. The van der Waals surface area contributed by atoms with Crippen LogP contribution in [0.3, 0.4) is 0 Å². The third-order valence-corrected chi connectivity index (χ3v) is 5.70. The largest absolute Gasteiger partial charge is 0.481 e. The van der Waals surface area contributed by atoms with Crippen LogP contribution in [0.1, 0.15) is 18.4 Å². The van der Waals surface area contributed by atoms with Gasteiger partial charge in [-0.3, -0.25) is 9.69 Å². The minimum Gasteiger partial charge on any atom is -0.481 e. The molecule has 1 N–H and O–H groups in total. The summed E-state index contributed by atoms with van der Waals surface area (Å²) in [4.78, 5) is 27.3. The second-order valence-electron chi connectivity index (χ2n) is 7.56. The van der Waals surface area contributed by atoms with Gasteiger partial charge in [-0.2, -0.15) is 4.98 Å². The first kappa shape index (κ1) is 18.7. The molecule has 0 radical (unpaired) electrons. The highest BCUT2D eigenvalue weighted by atomic mass is 16.4. The first-order valence-electron chi connectivity index (χ1n) is 10.0. The lowest BCUT2D eigenvalue weighted by Crippen LogP contribution is -2.46. The summed E-state index contributed by atoms with van der Waals surface area (Å²) in [6.07, 6.45) is 3.16. The smallest absolute Gasteiger partial charge is 0.306 e. The van der Waals surface area contributed by atoms with Gasteiger partial charge in [0.05, 0.1) is 5.92 Å². The first-order chi connectivity index (χ1) is 13.7. The number of rotatable bonds is 5. The summed E-state index contributed by atoms with van der Waals surface area (Å²) in [7, 11) is 0. The van der Waals surface area contributed by atoms with Gasteiger partial charge in [-0.05, 0) is 24.5 Å². The summed E-state index contributed by atoms with van der Waals surface area (Å²) in [6, 6.07) is 12.5. The number of carbonyl (C=O) groups is 1. The van der Waals surface area contributed by atoms with Crippen molar-refractivity contribution in [3.05, 3.63) is 48.2 Å². The van der Waals surface area contributed by atoms with Crippen molar-refractivity contribution in [3.8, 4) is 0 Å². The van der Waals surface area contributed by atoms with E-state index in [2.05, 4.69) is 50.0 Å². The van der Waals surface area contributed by atoms with E-state index in [0.717, 1.165) is 57.6 Å². The molecule has 148 valence electrons. The molecule has 0 spiro atoms. The molecule has 7 nitrogen and oxygen atoms in total. The third-order valence-electron chi connectivity index (χ3n) is 5.70. The maximum absolute atomic E-state index is 11.1. The lowest BCUT2D eigenvalue weighted by molar-refractivity contribution is -0.142. The maximum Gasteiger partial charge on any atom is 0.306 e. The zero-order chi connectivity index (χ0) is 19.3. The summed E-state index contributed by atoms with van der Waals surface area (Å²) in [5, 5.41) is 9.17. The van der Waals surface area contributed by atoms with Gasteiger partial charge in [0.2, 0.25) is 5.95 Å². The van der Waals surface area contributed by atoms with Crippen molar-refractivity contribution in [2.45, 2.75) is 19.4 Å². The molecule has 2 saturated heterocycles. The van der Waals surface area contributed by atoms with Crippen molar-refractivity contribution >= 4 is 17.7 Å². The monoisotopic (exact) mass is 381 g/mol. The quantitative estimate of drug-likeness (QED) is 0.850. The van der Waals surface area contributed by atoms with E-state index < -0.39 is 5.97 Å². The summed E-state index contributed by atoms with van der Waals surface area (Å²) in [6.45, 7) is 6.26. The van der Waals surface area contributed by atoms with Gasteiger partial charge in [0, 0.05) is 52.0 Å². The second-order valence-corrected chi connectivity index (χ2v) is 7.56. The molecule has 2 fully saturated rings. The summed E-state index contributed by atoms with van der Waals surface area (Å²) in [5.41, 5.74) is 1.35. The van der Waals surface area contributed by atoms with Crippen molar-refractivity contribution in [2.24, 2.45) is 5.92 Å². The van der Waals surface area contributed by atoms with Crippen LogP contribution in [0.25, 0.3) is 0 Å². The standard InChI is InChI=1S/C21H27N5O2/c27-20(28)18-7-10-25(11-8-18)19-6-9-22-21(23-19)26-14-12-24(13-15-26)16-17-4-2-1-3-5-17/h1-6,9,18H,7-8,10-16H2,(H,27,28). The van der Waals surface area contributed by atoms with Crippen LogP contribution >= 0.6 is 0 Å². The fourth-order valence-electron chi connectivity index (χ4n) is 3.97. The lowest BCUT2D eigenvalue weighted by Gasteiger charge is -2.35. The van der Waals surface area contributed by atoms with E-state index in [0.29, 0.717) is 12.8 Å². The van der Waals surface area contributed by atoms with Crippen LogP contribution in [0.5, 0.6) is 0 Å². The molecule has 0 aliphatic carbocycles.